The van der Waals surface area contributed by atoms with Crippen molar-refractivity contribution in [3.8, 4) is 33.4 Å². The molecule has 0 aliphatic heterocycles. The van der Waals surface area contributed by atoms with Crippen molar-refractivity contribution in [1.29, 1.82) is 0 Å². The molecule has 0 amide bonds. The Labute approximate surface area is 386 Å². The van der Waals surface area contributed by atoms with Crippen LogP contribution in [0.2, 0.25) is 0 Å². The summed E-state index contributed by atoms with van der Waals surface area (Å²) in [5.41, 5.74) is 15.0. The molecule has 310 valence electrons. The number of anilines is 3. The smallest absolute Gasteiger partial charge is 0.143 e. The van der Waals surface area contributed by atoms with Gasteiger partial charge in [0, 0.05) is 65.1 Å². The van der Waals surface area contributed by atoms with E-state index in [1.807, 2.05) is 11.3 Å². The topological polar surface area (TPSA) is 16.4 Å². The van der Waals surface area contributed by atoms with E-state index in [1.54, 1.807) is 0 Å². The Balaban J connectivity index is 0.973. The maximum atomic E-state index is 7.24. The molecule has 13 aromatic rings. The fraction of sp³-hybridized carbons (Fsp3) is 0.0476. The highest BCUT2D eigenvalue weighted by Crippen LogP contribution is 2.52. The van der Waals surface area contributed by atoms with Crippen molar-refractivity contribution in [1.82, 2.24) is 0 Å². The Kier molecular flexibility index (Phi) is 7.94. The Hall–Kier alpha value is -7.98. The maximum Gasteiger partial charge on any atom is 0.143 e. The first-order chi connectivity index (χ1) is 32.5. The predicted octanol–water partition coefficient (Wildman–Crippen LogP) is 18.5. The second kappa shape index (κ2) is 14.0. The van der Waals surface area contributed by atoms with Crippen LogP contribution in [0.3, 0.4) is 0 Å². The van der Waals surface area contributed by atoms with Gasteiger partial charge in [-0.1, -0.05) is 166 Å². The van der Waals surface area contributed by atoms with Gasteiger partial charge in [0.2, 0.25) is 0 Å². The number of furan rings is 1. The lowest BCUT2D eigenvalue weighted by atomic mass is 9.82. The van der Waals surface area contributed by atoms with Crippen molar-refractivity contribution < 1.29 is 4.42 Å². The average Bonchev–Trinajstić information content (AvgIpc) is 4.00. The van der Waals surface area contributed by atoms with E-state index in [1.165, 1.54) is 91.4 Å². The molecule has 0 fully saturated rings. The summed E-state index contributed by atoms with van der Waals surface area (Å²) in [5, 5.41) is 12.1. The molecular weight excluding hydrogens is 819 g/mol. The highest BCUT2D eigenvalue weighted by molar-refractivity contribution is 7.26. The summed E-state index contributed by atoms with van der Waals surface area (Å²) in [4.78, 5) is 2.41. The largest absolute Gasteiger partial charge is 0.455 e. The number of benzene rings is 11. The number of nitrogens with zero attached hydrogens (tertiary/aromatic N) is 1. The van der Waals surface area contributed by atoms with Crippen LogP contribution in [0.4, 0.5) is 17.1 Å². The lowest BCUT2D eigenvalue weighted by molar-refractivity contribution is 0.660. The summed E-state index contributed by atoms with van der Waals surface area (Å²) in [6, 6.07) is 78.3. The number of fused-ring (bicyclic) bond motifs is 13. The quantitative estimate of drug-likeness (QED) is 0.160. The van der Waals surface area contributed by atoms with Gasteiger partial charge in [0.25, 0.3) is 0 Å². The van der Waals surface area contributed by atoms with Crippen LogP contribution in [0.5, 0.6) is 0 Å². The van der Waals surface area contributed by atoms with Crippen molar-refractivity contribution >= 4 is 103 Å². The normalized spacial score (nSPS) is 13.1. The third kappa shape index (κ3) is 5.41. The lowest BCUT2D eigenvalue weighted by Gasteiger charge is -2.28. The van der Waals surface area contributed by atoms with Gasteiger partial charge < -0.3 is 9.32 Å². The predicted molar refractivity (Wildman–Crippen MR) is 282 cm³/mol. The molecule has 0 atom stereocenters. The first-order valence-corrected chi connectivity index (χ1v) is 23.6. The van der Waals surface area contributed by atoms with Crippen LogP contribution in [-0.4, -0.2) is 0 Å². The minimum absolute atomic E-state index is 0.144. The third-order valence-electron chi connectivity index (χ3n) is 14.4. The second-order valence-corrected chi connectivity index (χ2v) is 19.4. The first-order valence-electron chi connectivity index (χ1n) is 22.8. The highest BCUT2D eigenvalue weighted by Gasteiger charge is 2.36. The molecule has 11 aromatic carbocycles. The summed E-state index contributed by atoms with van der Waals surface area (Å²) in [6.07, 6.45) is 0. The standard InChI is InChI=1S/C63H41NOS/c1-63(2)56-24-11-9-20-49(56)50-32-30-42(36-57(50)63)64(41-28-26-38(27-29-41)46-22-13-23-53-52-21-10-12-25-59(52)66-62(46)53)43-31-33-51-55-35-40-15-4-6-17-45(40)60(61(55)65-58(51)37-43)54-34-39-14-3-5-16-44(39)47-18-7-8-19-48(47)54/h3-37H,1-2H3. The first kappa shape index (κ1) is 37.4. The van der Waals surface area contributed by atoms with Gasteiger partial charge in [-0.05, 0) is 126 Å². The summed E-state index contributed by atoms with van der Waals surface area (Å²) in [6.45, 7) is 4.71. The molecule has 0 saturated heterocycles. The van der Waals surface area contributed by atoms with Gasteiger partial charge >= 0.3 is 0 Å². The van der Waals surface area contributed by atoms with Crippen molar-refractivity contribution in [3.05, 3.63) is 223 Å². The molecule has 0 spiro atoms. The molecule has 1 aliphatic carbocycles. The summed E-state index contributed by atoms with van der Waals surface area (Å²) < 4.78 is 9.87. The van der Waals surface area contributed by atoms with E-state index in [2.05, 4.69) is 231 Å². The molecule has 66 heavy (non-hydrogen) atoms. The minimum Gasteiger partial charge on any atom is -0.455 e. The molecule has 2 heterocycles. The van der Waals surface area contributed by atoms with E-state index in [4.69, 9.17) is 4.42 Å². The lowest BCUT2D eigenvalue weighted by Crippen LogP contribution is -2.16. The van der Waals surface area contributed by atoms with E-state index < -0.39 is 0 Å². The van der Waals surface area contributed by atoms with Crippen molar-refractivity contribution in [2.45, 2.75) is 19.3 Å². The van der Waals surface area contributed by atoms with Gasteiger partial charge in [-0.15, -0.1) is 11.3 Å². The van der Waals surface area contributed by atoms with Gasteiger partial charge in [0.15, 0.2) is 0 Å². The van der Waals surface area contributed by atoms with Gasteiger partial charge in [-0.3, -0.25) is 0 Å². The summed E-state index contributed by atoms with van der Waals surface area (Å²) in [5.74, 6) is 0. The molecule has 1 aliphatic rings. The zero-order valence-electron chi connectivity index (χ0n) is 36.5. The number of hydrogen-bond donors (Lipinski definition) is 0. The van der Waals surface area contributed by atoms with Crippen molar-refractivity contribution in [3.63, 3.8) is 0 Å². The Bertz CT molecular complexity index is 4150. The zero-order chi connectivity index (χ0) is 43.7. The molecule has 2 aromatic heterocycles. The van der Waals surface area contributed by atoms with E-state index in [9.17, 15) is 0 Å². The Morgan fingerprint density at radius 3 is 1.86 bits per heavy atom. The molecule has 0 bridgehead atoms. The van der Waals surface area contributed by atoms with Gasteiger partial charge in [0.1, 0.15) is 11.2 Å². The molecule has 2 nitrogen and oxygen atoms in total. The van der Waals surface area contributed by atoms with Crippen molar-refractivity contribution in [2.75, 3.05) is 4.90 Å². The molecule has 0 saturated carbocycles. The van der Waals surface area contributed by atoms with Crippen LogP contribution in [0.15, 0.2) is 217 Å². The molecular formula is C63H41NOS. The fourth-order valence-electron chi connectivity index (χ4n) is 11.3. The summed E-state index contributed by atoms with van der Waals surface area (Å²) in [7, 11) is 0. The van der Waals surface area contributed by atoms with Gasteiger partial charge in [-0.25, -0.2) is 0 Å². The molecule has 3 heteroatoms. The minimum atomic E-state index is -0.144. The molecule has 14 rings (SSSR count). The SMILES string of the molecule is CC1(C)c2ccccc2-c2ccc(N(c3ccc(-c4cccc5c4sc4ccccc45)cc3)c3ccc4c(c3)oc3c(-c5cc6ccccc6c6ccccc56)c5ccccc5cc34)cc21. The Morgan fingerprint density at radius 1 is 0.394 bits per heavy atom. The maximum absolute atomic E-state index is 7.24. The van der Waals surface area contributed by atoms with E-state index in [-0.39, 0.29) is 5.41 Å². The van der Waals surface area contributed by atoms with Gasteiger partial charge in [-0.2, -0.15) is 0 Å². The van der Waals surface area contributed by atoms with Crippen LogP contribution in [0.1, 0.15) is 25.0 Å². The molecule has 0 unspecified atom stereocenters. The number of thiophene rings is 1. The van der Waals surface area contributed by atoms with Crippen LogP contribution in [0, 0.1) is 0 Å². The Morgan fingerprint density at radius 2 is 1.02 bits per heavy atom. The monoisotopic (exact) mass is 859 g/mol. The van der Waals surface area contributed by atoms with Crippen LogP contribution in [-0.2, 0) is 5.41 Å². The van der Waals surface area contributed by atoms with Gasteiger partial charge in [0.05, 0.1) is 0 Å². The molecule has 0 radical (unpaired) electrons. The van der Waals surface area contributed by atoms with Crippen molar-refractivity contribution in [2.24, 2.45) is 0 Å². The van der Waals surface area contributed by atoms with E-state index >= 15 is 0 Å². The molecule has 0 N–H and O–H groups in total. The number of hydrogen-bond acceptors (Lipinski definition) is 3. The third-order valence-corrected chi connectivity index (χ3v) is 15.7. The average molecular weight is 860 g/mol. The van der Waals surface area contributed by atoms with Crippen LogP contribution >= 0.6 is 11.3 Å². The van der Waals surface area contributed by atoms with E-state index in [0.717, 1.165) is 44.6 Å². The summed E-state index contributed by atoms with van der Waals surface area (Å²) >= 11 is 1.88. The van der Waals surface area contributed by atoms with E-state index in [0.29, 0.717) is 0 Å². The van der Waals surface area contributed by atoms with Crippen LogP contribution in [0.25, 0.3) is 108 Å². The zero-order valence-corrected chi connectivity index (χ0v) is 37.3. The fourth-order valence-corrected chi connectivity index (χ4v) is 12.5. The second-order valence-electron chi connectivity index (χ2n) is 18.4. The number of rotatable bonds is 5. The highest BCUT2D eigenvalue weighted by atomic mass is 32.1. The van der Waals surface area contributed by atoms with Crippen LogP contribution < -0.4 is 4.90 Å².